The number of aryl methyl sites for hydroxylation is 2. The van der Waals surface area contributed by atoms with Crippen molar-refractivity contribution >= 4 is 22.4 Å². The minimum Gasteiger partial charge on any atom is -0.371 e. The Kier molecular flexibility index (Phi) is 3.98. The Morgan fingerprint density at radius 2 is 2.29 bits per heavy atom. The second kappa shape index (κ2) is 5.90. The molecule has 0 saturated carbocycles. The van der Waals surface area contributed by atoms with Crippen molar-refractivity contribution in [1.82, 2.24) is 15.4 Å². The van der Waals surface area contributed by atoms with Crippen LogP contribution >= 0.6 is 11.3 Å². The first-order chi connectivity index (χ1) is 10.1. The monoisotopic (exact) mass is 308 g/mol. The van der Waals surface area contributed by atoms with Gasteiger partial charge in [0.05, 0.1) is 12.1 Å². The van der Waals surface area contributed by atoms with Crippen LogP contribution in [0.2, 0.25) is 0 Å². The lowest BCUT2D eigenvalue weighted by Crippen LogP contribution is -2.15. The number of amides is 1. The minimum absolute atomic E-state index is 0.0238. The van der Waals surface area contributed by atoms with Gasteiger partial charge >= 0.3 is 0 Å². The predicted octanol–water partition coefficient (Wildman–Crippen LogP) is 2.18. The van der Waals surface area contributed by atoms with Crippen LogP contribution < -0.4 is 5.32 Å². The number of hydrogen-bond donors (Lipinski definition) is 1. The maximum absolute atomic E-state index is 12.0. The van der Waals surface area contributed by atoms with E-state index in [0.717, 1.165) is 35.7 Å². The van der Waals surface area contributed by atoms with Gasteiger partial charge in [0.1, 0.15) is 16.9 Å². The summed E-state index contributed by atoms with van der Waals surface area (Å²) in [5.74, 6) is 0.513. The van der Waals surface area contributed by atoms with Crippen LogP contribution in [-0.2, 0) is 16.0 Å². The highest BCUT2D eigenvalue weighted by Gasteiger charge is 2.22. The van der Waals surface area contributed by atoms with Gasteiger partial charge in [0.15, 0.2) is 0 Å². The molecule has 1 N–H and O–H groups in total. The largest absolute Gasteiger partial charge is 0.371 e. The summed E-state index contributed by atoms with van der Waals surface area (Å²) in [4.78, 5) is 12.0. The fraction of sp³-hybridized carbons (Fsp3) is 0.538. The van der Waals surface area contributed by atoms with E-state index in [2.05, 4.69) is 20.7 Å². The van der Waals surface area contributed by atoms with E-state index in [1.807, 2.05) is 6.92 Å². The molecule has 3 heterocycles. The number of rotatable bonds is 4. The van der Waals surface area contributed by atoms with Crippen LogP contribution in [-0.4, -0.2) is 27.9 Å². The summed E-state index contributed by atoms with van der Waals surface area (Å²) in [6, 6.07) is 0. The van der Waals surface area contributed by atoms with Crippen LogP contribution in [0, 0.1) is 13.8 Å². The van der Waals surface area contributed by atoms with Gasteiger partial charge in [0.25, 0.3) is 0 Å². The van der Waals surface area contributed by atoms with Crippen LogP contribution in [0.5, 0.6) is 0 Å². The van der Waals surface area contributed by atoms with Crippen molar-refractivity contribution in [2.75, 3.05) is 11.9 Å². The van der Waals surface area contributed by atoms with Gasteiger partial charge in [-0.25, -0.2) is 0 Å². The average molecular weight is 308 g/mol. The van der Waals surface area contributed by atoms with Crippen LogP contribution in [0.15, 0.2) is 4.52 Å². The molecule has 0 unspecified atom stereocenters. The highest BCUT2D eigenvalue weighted by atomic mass is 32.1. The molecule has 0 radical (unpaired) electrons. The van der Waals surface area contributed by atoms with Crippen molar-refractivity contribution in [3.63, 3.8) is 0 Å². The van der Waals surface area contributed by atoms with Gasteiger partial charge < -0.3 is 14.6 Å². The first kappa shape index (κ1) is 14.2. The van der Waals surface area contributed by atoms with Crippen LogP contribution in [0.25, 0.3) is 0 Å². The Morgan fingerprint density at radius 1 is 1.43 bits per heavy atom. The molecule has 2 aromatic heterocycles. The molecular weight excluding hydrogens is 292 g/mol. The van der Waals surface area contributed by atoms with Crippen molar-refractivity contribution in [1.29, 1.82) is 0 Å². The fourth-order valence-corrected chi connectivity index (χ4v) is 3.11. The molecular formula is C13H16N4O3S. The molecule has 8 heteroatoms. The summed E-state index contributed by atoms with van der Waals surface area (Å²) < 4.78 is 10.6. The molecule has 1 fully saturated rings. The van der Waals surface area contributed by atoms with Gasteiger partial charge in [0, 0.05) is 12.2 Å². The molecule has 1 saturated heterocycles. The van der Waals surface area contributed by atoms with E-state index in [0.29, 0.717) is 10.9 Å². The van der Waals surface area contributed by atoms with Crippen molar-refractivity contribution in [2.24, 2.45) is 0 Å². The van der Waals surface area contributed by atoms with E-state index in [9.17, 15) is 4.79 Å². The number of hydrogen-bond acceptors (Lipinski definition) is 7. The van der Waals surface area contributed by atoms with Gasteiger partial charge in [-0.3, -0.25) is 4.79 Å². The zero-order valence-corrected chi connectivity index (χ0v) is 12.7. The molecule has 2 aromatic rings. The van der Waals surface area contributed by atoms with Gasteiger partial charge in [-0.05, 0) is 26.7 Å². The first-order valence-electron chi connectivity index (χ1n) is 6.80. The summed E-state index contributed by atoms with van der Waals surface area (Å²) in [6.45, 7) is 4.38. The van der Waals surface area contributed by atoms with E-state index in [4.69, 9.17) is 9.26 Å². The molecule has 1 aliphatic heterocycles. The van der Waals surface area contributed by atoms with E-state index in [-0.39, 0.29) is 18.4 Å². The van der Waals surface area contributed by atoms with Crippen LogP contribution in [0.4, 0.5) is 5.13 Å². The van der Waals surface area contributed by atoms with Gasteiger partial charge in [0.2, 0.25) is 11.0 Å². The molecule has 3 rings (SSSR count). The SMILES string of the molecule is Cc1noc(C)c1CC(=O)Nc1nnc([C@H]2CCCO2)s1. The topological polar surface area (TPSA) is 90.1 Å². The number of carbonyl (C=O) groups excluding carboxylic acids is 1. The lowest BCUT2D eigenvalue weighted by Gasteiger charge is -2.02. The lowest BCUT2D eigenvalue weighted by atomic mass is 10.1. The Labute approximate surface area is 125 Å². The number of nitrogens with zero attached hydrogens (tertiary/aromatic N) is 3. The normalized spacial score (nSPS) is 18.1. The van der Waals surface area contributed by atoms with Crippen molar-refractivity contribution in [3.8, 4) is 0 Å². The van der Waals surface area contributed by atoms with Gasteiger partial charge in [-0.15, -0.1) is 10.2 Å². The highest BCUT2D eigenvalue weighted by Crippen LogP contribution is 2.31. The van der Waals surface area contributed by atoms with E-state index in [1.165, 1.54) is 11.3 Å². The molecule has 7 nitrogen and oxygen atoms in total. The summed E-state index contributed by atoms with van der Waals surface area (Å²) in [5, 5.41) is 16.0. The number of carbonyl (C=O) groups is 1. The van der Waals surface area contributed by atoms with Crippen LogP contribution in [0.1, 0.15) is 41.0 Å². The zero-order chi connectivity index (χ0) is 14.8. The number of nitrogens with one attached hydrogen (secondary N) is 1. The average Bonchev–Trinajstić information content (AvgIpc) is 3.16. The molecule has 0 aromatic carbocycles. The summed E-state index contributed by atoms with van der Waals surface area (Å²) in [5.41, 5.74) is 1.55. The molecule has 0 aliphatic carbocycles. The predicted molar refractivity (Wildman–Crippen MR) is 76.1 cm³/mol. The first-order valence-corrected chi connectivity index (χ1v) is 7.61. The summed E-state index contributed by atoms with van der Waals surface area (Å²) >= 11 is 1.36. The maximum Gasteiger partial charge on any atom is 0.230 e. The van der Waals surface area contributed by atoms with Gasteiger partial charge in [-0.1, -0.05) is 16.5 Å². The summed E-state index contributed by atoms with van der Waals surface area (Å²) in [7, 11) is 0. The zero-order valence-electron chi connectivity index (χ0n) is 11.9. The second-order valence-corrected chi connectivity index (χ2v) is 5.98. The standard InChI is InChI=1S/C13H16N4O3S/c1-7-9(8(2)20-17-7)6-11(18)14-13-16-15-12(21-13)10-4-3-5-19-10/h10H,3-6H2,1-2H3,(H,14,16,18)/t10-/m1/s1. The van der Waals surface area contributed by atoms with Crippen molar-refractivity contribution in [2.45, 2.75) is 39.2 Å². The maximum atomic E-state index is 12.0. The van der Waals surface area contributed by atoms with Gasteiger partial charge in [-0.2, -0.15) is 0 Å². The highest BCUT2D eigenvalue weighted by molar-refractivity contribution is 7.15. The third kappa shape index (κ3) is 3.11. The molecule has 21 heavy (non-hydrogen) atoms. The van der Waals surface area contributed by atoms with E-state index < -0.39 is 0 Å². The quantitative estimate of drug-likeness (QED) is 0.931. The van der Waals surface area contributed by atoms with E-state index >= 15 is 0 Å². The van der Waals surface area contributed by atoms with Crippen molar-refractivity contribution in [3.05, 3.63) is 22.0 Å². The number of anilines is 1. The molecule has 1 aliphatic rings. The van der Waals surface area contributed by atoms with E-state index in [1.54, 1.807) is 6.92 Å². The van der Waals surface area contributed by atoms with Crippen LogP contribution in [0.3, 0.4) is 0 Å². The molecule has 112 valence electrons. The Morgan fingerprint density at radius 3 is 2.95 bits per heavy atom. The molecule has 0 bridgehead atoms. The fourth-order valence-electron chi connectivity index (χ4n) is 2.27. The Hall–Kier alpha value is -1.80. The Balaban J connectivity index is 1.62. The number of aromatic nitrogens is 3. The lowest BCUT2D eigenvalue weighted by molar-refractivity contribution is -0.115. The minimum atomic E-state index is -0.153. The molecule has 1 atom stereocenters. The summed E-state index contributed by atoms with van der Waals surface area (Å²) in [6.07, 6.45) is 2.24. The second-order valence-electron chi connectivity index (χ2n) is 4.97. The Bertz CT molecular complexity index is 626. The smallest absolute Gasteiger partial charge is 0.230 e. The van der Waals surface area contributed by atoms with Crippen molar-refractivity contribution < 1.29 is 14.1 Å². The third-order valence-electron chi connectivity index (χ3n) is 3.41. The molecule has 0 spiro atoms. The molecule has 1 amide bonds. The third-order valence-corrected chi connectivity index (χ3v) is 4.34. The number of ether oxygens (including phenoxy) is 1.